The number of aryl methyl sites for hydroxylation is 3. The second-order valence-electron chi connectivity index (χ2n) is 4.84. The molecule has 19 heavy (non-hydrogen) atoms. The number of thioether (sulfide) groups is 1. The van der Waals surface area contributed by atoms with Crippen molar-refractivity contribution < 1.29 is 0 Å². The predicted octanol–water partition coefficient (Wildman–Crippen LogP) is 4.82. The van der Waals surface area contributed by atoms with Crippen molar-refractivity contribution >= 4 is 17.4 Å². The fourth-order valence-electron chi connectivity index (χ4n) is 1.93. The normalized spacial score (nSPS) is 10.5. The standard InChI is InChI=1S/C17H21NS/c1-13-8-9-16(12-15(13)3)19-11-10-18-17-7-5-4-6-14(17)2/h4-9,12,18H,10-11H2,1-3H3. The summed E-state index contributed by atoms with van der Waals surface area (Å²) in [5, 5.41) is 3.49. The van der Waals surface area contributed by atoms with Crippen LogP contribution in [-0.4, -0.2) is 12.3 Å². The number of rotatable bonds is 5. The van der Waals surface area contributed by atoms with Gasteiger partial charge in [-0.2, -0.15) is 0 Å². The largest absolute Gasteiger partial charge is 0.384 e. The Morgan fingerprint density at radius 2 is 1.68 bits per heavy atom. The Labute approximate surface area is 120 Å². The van der Waals surface area contributed by atoms with E-state index in [1.807, 2.05) is 11.8 Å². The van der Waals surface area contributed by atoms with Gasteiger partial charge in [0.05, 0.1) is 0 Å². The van der Waals surface area contributed by atoms with Gasteiger partial charge in [-0.3, -0.25) is 0 Å². The molecule has 0 aromatic heterocycles. The topological polar surface area (TPSA) is 12.0 Å². The molecular formula is C17H21NS. The van der Waals surface area contributed by atoms with Gasteiger partial charge in [0.2, 0.25) is 0 Å². The van der Waals surface area contributed by atoms with Crippen molar-refractivity contribution in [1.29, 1.82) is 0 Å². The zero-order chi connectivity index (χ0) is 13.7. The average Bonchev–Trinajstić information content (AvgIpc) is 2.40. The first-order valence-corrected chi connectivity index (χ1v) is 7.65. The van der Waals surface area contributed by atoms with Crippen LogP contribution in [0.25, 0.3) is 0 Å². The number of benzene rings is 2. The van der Waals surface area contributed by atoms with Crippen LogP contribution >= 0.6 is 11.8 Å². The lowest BCUT2D eigenvalue weighted by Gasteiger charge is -2.09. The molecule has 0 heterocycles. The summed E-state index contributed by atoms with van der Waals surface area (Å²) < 4.78 is 0. The molecule has 2 heteroatoms. The summed E-state index contributed by atoms with van der Waals surface area (Å²) in [7, 11) is 0. The van der Waals surface area contributed by atoms with Crippen LogP contribution in [0, 0.1) is 20.8 Å². The van der Waals surface area contributed by atoms with E-state index in [0.29, 0.717) is 0 Å². The number of hydrogen-bond acceptors (Lipinski definition) is 2. The van der Waals surface area contributed by atoms with Gasteiger partial charge in [0, 0.05) is 22.9 Å². The summed E-state index contributed by atoms with van der Waals surface area (Å²) in [6.07, 6.45) is 0. The maximum absolute atomic E-state index is 3.49. The Morgan fingerprint density at radius 3 is 2.42 bits per heavy atom. The van der Waals surface area contributed by atoms with Crippen molar-refractivity contribution in [2.24, 2.45) is 0 Å². The van der Waals surface area contributed by atoms with Crippen LogP contribution in [0.1, 0.15) is 16.7 Å². The highest BCUT2D eigenvalue weighted by Gasteiger charge is 1.98. The third-order valence-electron chi connectivity index (χ3n) is 3.31. The molecule has 1 N–H and O–H groups in total. The SMILES string of the molecule is Cc1ccc(SCCNc2ccccc2C)cc1C. The molecule has 0 aliphatic carbocycles. The van der Waals surface area contributed by atoms with Crippen LogP contribution in [0.2, 0.25) is 0 Å². The van der Waals surface area contributed by atoms with Gasteiger partial charge >= 0.3 is 0 Å². The van der Waals surface area contributed by atoms with E-state index in [2.05, 4.69) is 68.6 Å². The lowest BCUT2D eigenvalue weighted by atomic mass is 10.1. The minimum Gasteiger partial charge on any atom is -0.384 e. The third kappa shape index (κ3) is 4.03. The van der Waals surface area contributed by atoms with Crippen molar-refractivity contribution in [2.45, 2.75) is 25.7 Å². The van der Waals surface area contributed by atoms with Crippen molar-refractivity contribution in [3.63, 3.8) is 0 Å². The molecule has 0 spiro atoms. The highest BCUT2D eigenvalue weighted by atomic mass is 32.2. The van der Waals surface area contributed by atoms with E-state index in [9.17, 15) is 0 Å². The van der Waals surface area contributed by atoms with Crippen LogP contribution in [0.5, 0.6) is 0 Å². The van der Waals surface area contributed by atoms with Gasteiger partial charge in [0.25, 0.3) is 0 Å². The van der Waals surface area contributed by atoms with E-state index in [1.54, 1.807) is 0 Å². The van der Waals surface area contributed by atoms with Crippen LogP contribution in [0.4, 0.5) is 5.69 Å². The first-order chi connectivity index (χ1) is 9.16. The molecule has 100 valence electrons. The Hall–Kier alpha value is -1.41. The molecule has 1 nitrogen and oxygen atoms in total. The monoisotopic (exact) mass is 271 g/mol. The molecule has 0 atom stereocenters. The van der Waals surface area contributed by atoms with Gasteiger partial charge in [-0.1, -0.05) is 24.3 Å². The quantitative estimate of drug-likeness (QED) is 0.618. The lowest BCUT2D eigenvalue weighted by molar-refractivity contribution is 1.20. The molecule has 2 aromatic rings. The number of anilines is 1. The van der Waals surface area contributed by atoms with Crippen LogP contribution < -0.4 is 5.32 Å². The molecule has 0 saturated heterocycles. The van der Waals surface area contributed by atoms with Crippen molar-refractivity contribution in [2.75, 3.05) is 17.6 Å². The Morgan fingerprint density at radius 1 is 0.895 bits per heavy atom. The van der Waals surface area contributed by atoms with E-state index in [1.165, 1.54) is 27.3 Å². The number of hydrogen-bond donors (Lipinski definition) is 1. The first-order valence-electron chi connectivity index (χ1n) is 6.66. The molecule has 0 unspecified atom stereocenters. The molecular weight excluding hydrogens is 250 g/mol. The highest BCUT2D eigenvalue weighted by Crippen LogP contribution is 2.21. The molecule has 0 amide bonds. The zero-order valence-electron chi connectivity index (χ0n) is 11.9. The highest BCUT2D eigenvalue weighted by molar-refractivity contribution is 7.99. The molecule has 0 aliphatic rings. The maximum atomic E-state index is 3.49. The minimum atomic E-state index is 0.989. The van der Waals surface area contributed by atoms with E-state index in [-0.39, 0.29) is 0 Å². The lowest BCUT2D eigenvalue weighted by Crippen LogP contribution is -2.05. The van der Waals surface area contributed by atoms with E-state index < -0.39 is 0 Å². The fraction of sp³-hybridized carbons (Fsp3) is 0.294. The van der Waals surface area contributed by atoms with E-state index in [4.69, 9.17) is 0 Å². The Bertz CT molecular complexity index is 549. The van der Waals surface area contributed by atoms with Crippen LogP contribution in [0.3, 0.4) is 0 Å². The smallest absolute Gasteiger partial charge is 0.0370 e. The predicted molar refractivity (Wildman–Crippen MR) is 86.3 cm³/mol. The maximum Gasteiger partial charge on any atom is 0.0370 e. The molecule has 0 bridgehead atoms. The second-order valence-corrected chi connectivity index (χ2v) is 6.00. The summed E-state index contributed by atoms with van der Waals surface area (Å²) in [5.74, 6) is 1.08. The van der Waals surface area contributed by atoms with E-state index in [0.717, 1.165) is 12.3 Å². The molecule has 0 aliphatic heterocycles. The summed E-state index contributed by atoms with van der Waals surface area (Å²) >= 11 is 1.91. The van der Waals surface area contributed by atoms with Gasteiger partial charge in [-0.05, 0) is 55.7 Å². The Balaban J connectivity index is 1.81. The summed E-state index contributed by atoms with van der Waals surface area (Å²) in [4.78, 5) is 1.36. The molecule has 0 radical (unpaired) electrons. The molecule has 0 saturated carbocycles. The van der Waals surface area contributed by atoms with Crippen molar-refractivity contribution in [1.82, 2.24) is 0 Å². The minimum absolute atomic E-state index is 0.989. The fourth-order valence-corrected chi connectivity index (χ4v) is 2.79. The van der Waals surface area contributed by atoms with Crippen molar-refractivity contribution in [3.8, 4) is 0 Å². The summed E-state index contributed by atoms with van der Waals surface area (Å²) in [6.45, 7) is 7.45. The summed E-state index contributed by atoms with van der Waals surface area (Å²) in [6, 6.07) is 15.1. The first kappa shape index (κ1) is 14.0. The van der Waals surface area contributed by atoms with E-state index >= 15 is 0 Å². The number of para-hydroxylation sites is 1. The van der Waals surface area contributed by atoms with Gasteiger partial charge in [-0.25, -0.2) is 0 Å². The third-order valence-corrected chi connectivity index (χ3v) is 4.31. The van der Waals surface area contributed by atoms with Gasteiger partial charge < -0.3 is 5.32 Å². The second kappa shape index (κ2) is 6.67. The van der Waals surface area contributed by atoms with Gasteiger partial charge in [0.1, 0.15) is 0 Å². The van der Waals surface area contributed by atoms with Gasteiger partial charge in [-0.15, -0.1) is 11.8 Å². The van der Waals surface area contributed by atoms with Crippen LogP contribution in [0.15, 0.2) is 47.4 Å². The number of nitrogens with one attached hydrogen (secondary N) is 1. The molecule has 0 fully saturated rings. The van der Waals surface area contributed by atoms with Gasteiger partial charge in [0.15, 0.2) is 0 Å². The average molecular weight is 271 g/mol. The summed E-state index contributed by atoms with van der Waals surface area (Å²) in [5.41, 5.74) is 5.28. The van der Waals surface area contributed by atoms with Crippen molar-refractivity contribution in [3.05, 3.63) is 59.2 Å². The molecule has 2 rings (SSSR count). The Kier molecular flexibility index (Phi) is 4.92. The molecule has 2 aromatic carbocycles. The van der Waals surface area contributed by atoms with Crippen LogP contribution in [-0.2, 0) is 0 Å². The zero-order valence-corrected chi connectivity index (χ0v) is 12.7.